The number of benzene rings is 8. The smallest absolute Gasteiger partial charge is 0.0562 e. The Bertz CT molecular complexity index is 2980. The molecule has 3 heteroatoms. The summed E-state index contributed by atoms with van der Waals surface area (Å²) in [5.74, 6) is 2.07. The fourth-order valence-corrected chi connectivity index (χ4v) is 12.4. The molecule has 0 saturated heterocycles. The Morgan fingerprint density at radius 3 is 1.55 bits per heavy atom. The van der Waals surface area contributed by atoms with Gasteiger partial charge >= 0.3 is 0 Å². The lowest BCUT2D eigenvalue weighted by molar-refractivity contribution is 0.320. The predicted molar refractivity (Wildman–Crippen MR) is 269 cm³/mol. The van der Waals surface area contributed by atoms with E-state index < -0.39 is 0 Å². The molecule has 314 valence electrons. The molecule has 3 atom stereocenters. The molecule has 3 saturated carbocycles. The molecule has 2 bridgehead atoms. The van der Waals surface area contributed by atoms with E-state index in [4.69, 9.17) is 0 Å². The molecule has 0 aliphatic heterocycles. The first-order valence-electron chi connectivity index (χ1n) is 23.8. The third-order valence-electron chi connectivity index (χ3n) is 15.3. The minimum absolute atomic E-state index is 0.0140. The van der Waals surface area contributed by atoms with Crippen molar-refractivity contribution in [1.29, 1.82) is 0 Å². The molecular formula is C61H55N3. The minimum atomic E-state index is -0.0140. The first-order chi connectivity index (χ1) is 31.7. The van der Waals surface area contributed by atoms with E-state index in [1.54, 1.807) is 0 Å². The van der Waals surface area contributed by atoms with Gasteiger partial charge in [0.2, 0.25) is 0 Å². The van der Waals surface area contributed by atoms with Crippen LogP contribution in [0.3, 0.4) is 0 Å². The summed E-state index contributed by atoms with van der Waals surface area (Å²) in [6, 6.07) is 77.2. The summed E-state index contributed by atoms with van der Waals surface area (Å²) in [7, 11) is 0. The van der Waals surface area contributed by atoms with Crippen molar-refractivity contribution in [1.82, 2.24) is 4.57 Å². The van der Waals surface area contributed by atoms with Crippen LogP contribution >= 0.6 is 0 Å². The van der Waals surface area contributed by atoms with Crippen molar-refractivity contribution in [2.24, 2.45) is 11.8 Å². The SMILES string of the molecule is c1ccc(N(c2ccccc2)c2ccc(C3(c4ccc(N(c5ccc(C6CCCCC6)cc5)c5cccc6c5c5ccccc5n6-c5ccccc5)cc4)CC4CCC3C4)cc2)cc1. The summed E-state index contributed by atoms with van der Waals surface area (Å²) in [5, 5.41) is 2.53. The van der Waals surface area contributed by atoms with Gasteiger partial charge in [-0.1, -0.05) is 141 Å². The van der Waals surface area contributed by atoms with E-state index in [1.165, 1.54) is 136 Å². The molecule has 9 aromatic rings. The second kappa shape index (κ2) is 16.4. The highest BCUT2D eigenvalue weighted by molar-refractivity contribution is 6.16. The van der Waals surface area contributed by atoms with Gasteiger partial charge in [0, 0.05) is 50.3 Å². The summed E-state index contributed by atoms with van der Waals surface area (Å²) < 4.78 is 2.44. The molecule has 1 aromatic heterocycles. The van der Waals surface area contributed by atoms with Gasteiger partial charge in [0.15, 0.2) is 0 Å². The topological polar surface area (TPSA) is 11.4 Å². The maximum atomic E-state index is 2.53. The van der Waals surface area contributed by atoms with Crippen LogP contribution in [-0.2, 0) is 5.41 Å². The van der Waals surface area contributed by atoms with Crippen molar-refractivity contribution in [3.05, 3.63) is 223 Å². The van der Waals surface area contributed by atoms with Crippen LogP contribution < -0.4 is 9.80 Å². The van der Waals surface area contributed by atoms with E-state index in [0.717, 1.165) is 5.92 Å². The van der Waals surface area contributed by atoms with Gasteiger partial charge in [-0.3, -0.25) is 0 Å². The normalized spacial score (nSPS) is 19.6. The molecule has 3 unspecified atom stereocenters. The highest BCUT2D eigenvalue weighted by Gasteiger charge is 2.52. The van der Waals surface area contributed by atoms with Crippen LogP contribution in [0.15, 0.2) is 206 Å². The van der Waals surface area contributed by atoms with Crippen LogP contribution in [0.1, 0.15) is 80.4 Å². The molecule has 8 aromatic carbocycles. The summed E-state index contributed by atoms with van der Waals surface area (Å²) in [4.78, 5) is 4.91. The monoisotopic (exact) mass is 829 g/mol. The van der Waals surface area contributed by atoms with Gasteiger partial charge in [-0.15, -0.1) is 0 Å². The average molecular weight is 830 g/mol. The molecular weight excluding hydrogens is 775 g/mol. The van der Waals surface area contributed by atoms with Gasteiger partial charge < -0.3 is 14.4 Å². The van der Waals surface area contributed by atoms with Gasteiger partial charge in [-0.2, -0.15) is 0 Å². The van der Waals surface area contributed by atoms with Crippen LogP contribution in [0.25, 0.3) is 27.5 Å². The molecule has 0 radical (unpaired) electrons. The fourth-order valence-electron chi connectivity index (χ4n) is 12.4. The van der Waals surface area contributed by atoms with E-state index in [2.05, 4.69) is 221 Å². The Morgan fingerprint density at radius 1 is 0.422 bits per heavy atom. The second-order valence-corrected chi connectivity index (χ2v) is 18.8. The van der Waals surface area contributed by atoms with E-state index in [9.17, 15) is 0 Å². The molecule has 3 fully saturated rings. The summed E-state index contributed by atoms with van der Waals surface area (Å²) in [6.07, 6.45) is 11.8. The Morgan fingerprint density at radius 2 is 0.953 bits per heavy atom. The Labute approximate surface area is 378 Å². The predicted octanol–water partition coefficient (Wildman–Crippen LogP) is 16.9. The lowest BCUT2D eigenvalue weighted by Crippen LogP contribution is -2.34. The molecule has 64 heavy (non-hydrogen) atoms. The number of anilines is 6. The van der Waals surface area contributed by atoms with Crippen molar-refractivity contribution >= 4 is 55.9 Å². The molecule has 3 aliphatic rings. The lowest BCUT2D eigenvalue weighted by Gasteiger charge is -2.40. The van der Waals surface area contributed by atoms with Crippen molar-refractivity contribution in [3.63, 3.8) is 0 Å². The van der Waals surface area contributed by atoms with Gasteiger partial charge in [-0.05, 0) is 158 Å². The first kappa shape index (κ1) is 38.8. The van der Waals surface area contributed by atoms with Crippen molar-refractivity contribution in [2.75, 3.05) is 9.80 Å². The minimum Gasteiger partial charge on any atom is -0.311 e. The first-order valence-corrected chi connectivity index (χ1v) is 23.8. The number of hydrogen-bond acceptors (Lipinski definition) is 2. The van der Waals surface area contributed by atoms with Crippen LogP contribution in [-0.4, -0.2) is 4.57 Å². The molecule has 0 amide bonds. The highest BCUT2D eigenvalue weighted by atomic mass is 15.2. The third kappa shape index (κ3) is 6.64. The summed E-state index contributed by atoms with van der Waals surface area (Å²) >= 11 is 0. The second-order valence-electron chi connectivity index (χ2n) is 18.8. The van der Waals surface area contributed by atoms with Gasteiger partial charge in [0.25, 0.3) is 0 Å². The fraction of sp³-hybridized carbons (Fsp3) is 0.213. The molecule has 1 heterocycles. The standard InChI is InChI=1S/C61H55N3/c1-5-16-45(17-6-1)46-29-36-54(37-30-46)63(58-26-15-27-59-60(58)56-24-13-14-25-57(56)64(59)52-22-11-4-12-23-52)55-40-34-48(35-41-55)61(43-44-28-31-49(61)42-44)47-32-38-53(39-33-47)62(50-18-7-2-8-19-50)51-20-9-3-10-21-51/h2-4,7-15,18-27,29-30,32-41,44-45,49H,1,5-6,16-17,28,31,42-43H2. The molecule has 3 aliphatic carbocycles. The number of aromatic nitrogens is 1. The molecule has 3 nitrogen and oxygen atoms in total. The number of para-hydroxylation sites is 4. The lowest BCUT2D eigenvalue weighted by atomic mass is 9.64. The number of nitrogens with zero attached hydrogens (tertiary/aromatic N) is 3. The van der Waals surface area contributed by atoms with E-state index in [0.29, 0.717) is 11.8 Å². The Hall–Kier alpha value is -6.84. The average Bonchev–Trinajstić information content (AvgIpc) is 4.09. The van der Waals surface area contributed by atoms with Crippen LogP contribution in [0, 0.1) is 11.8 Å². The third-order valence-corrected chi connectivity index (χ3v) is 15.3. The van der Waals surface area contributed by atoms with Gasteiger partial charge in [0.1, 0.15) is 0 Å². The van der Waals surface area contributed by atoms with Gasteiger partial charge in [-0.25, -0.2) is 0 Å². The largest absolute Gasteiger partial charge is 0.311 e. The zero-order valence-corrected chi connectivity index (χ0v) is 36.6. The van der Waals surface area contributed by atoms with E-state index >= 15 is 0 Å². The molecule has 12 rings (SSSR count). The Balaban J connectivity index is 0.974. The van der Waals surface area contributed by atoms with Crippen LogP contribution in [0.5, 0.6) is 0 Å². The van der Waals surface area contributed by atoms with Crippen LogP contribution in [0.4, 0.5) is 34.1 Å². The van der Waals surface area contributed by atoms with Crippen molar-refractivity contribution < 1.29 is 0 Å². The van der Waals surface area contributed by atoms with E-state index in [-0.39, 0.29) is 5.41 Å². The van der Waals surface area contributed by atoms with Gasteiger partial charge in [0.05, 0.1) is 16.7 Å². The Kier molecular flexibility index (Phi) is 9.93. The quantitative estimate of drug-likeness (QED) is 0.136. The zero-order chi connectivity index (χ0) is 42.5. The number of hydrogen-bond donors (Lipinski definition) is 0. The molecule has 0 N–H and O–H groups in total. The van der Waals surface area contributed by atoms with E-state index in [1.807, 2.05) is 0 Å². The molecule has 0 spiro atoms. The summed E-state index contributed by atoms with van der Waals surface area (Å²) in [6.45, 7) is 0. The maximum absolute atomic E-state index is 2.53. The number of rotatable bonds is 10. The van der Waals surface area contributed by atoms with Crippen LogP contribution in [0.2, 0.25) is 0 Å². The van der Waals surface area contributed by atoms with Crippen molar-refractivity contribution in [3.8, 4) is 5.69 Å². The number of fused-ring (bicyclic) bond motifs is 5. The maximum Gasteiger partial charge on any atom is 0.0562 e. The van der Waals surface area contributed by atoms with Crippen molar-refractivity contribution in [2.45, 2.75) is 69.1 Å². The zero-order valence-electron chi connectivity index (χ0n) is 36.6. The summed E-state index contributed by atoms with van der Waals surface area (Å²) in [5.41, 5.74) is 15.1. The highest BCUT2D eigenvalue weighted by Crippen LogP contribution is 2.60.